The number of nitrogens with zero attached hydrogens (tertiary/aromatic N) is 1. The van der Waals surface area contributed by atoms with Crippen molar-refractivity contribution in [2.24, 2.45) is 0 Å². The third-order valence-electron chi connectivity index (χ3n) is 11.3. The highest BCUT2D eigenvalue weighted by atomic mass is 16.3. The van der Waals surface area contributed by atoms with E-state index in [1.54, 1.807) is 0 Å². The van der Waals surface area contributed by atoms with Crippen LogP contribution in [0.25, 0.3) is 98.8 Å². The predicted molar refractivity (Wildman–Crippen MR) is 231 cm³/mol. The lowest BCUT2D eigenvalue weighted by molar-refractivity contribution is 0.668. The van der Waals surface area contributed by atoms with Gasteiger partial charge in [0, 0.05) is 43.7 Å². The lowest BCUT2D eigenvalue weighted by Crippen LogP contribution is -2.11. The van der Waals surface area contributed by atoms with E-state index in [9.17, 15) is 0 Å². The Kier molecular flexibility index (Phi) is 6.60. The SMILES string of the molecule is c1ccc(N(c2ccc(-c3ccc4oc5ccccc5c4c3)cc2)c2cccc3oc4ccccc4c23)c(-c2cccc3c2oc2cc4ccccc4cc23)c1. The van der Waals surface area contributed by atoms with Crippen LogP contribution < -0.4 is 4.90 Å². The first kappa shape index (κ1) is 30.9. The fraction of sp³-hybridized carbons (Fsp3) is 0. The summed E-state index contributed by atoms with van der Waals surface area (Å²) in [6, 6.07) is 66.1. The van der Waals surface area contributed by atoms with Crippen LogP contribution in [0.2, 0.25) is 0 Å². The van der Waals surface area contributed by atoms with Crippen LogP contribution in [0, 0.1) is 0 Å². The molecule has 4 nitrogen and oxygen atoms in total. The number of furan rings is 3. The molecule has 0 aliphatic rings. The highest BCUT2D eigenvalue weighted by Crippen LogP contribution is 2.48. The molecule has 0 spiro atoms. The van der Waals surface area contributed by atoms with Crippen molar-refractivity contribution in [3.8, 4) is 22.3 Å². The van der Waals surface area contributed by atoms with Crippen molar-refractivity contribution < 1.29 is 13.3 Å². The minimum absolute atomic E-state index is 0.842. The third-order valence-corrected chi connectivity index (χ3v) is 11.3. The molecule has 3 heterocycles. The fourth-order valence-electron chi connectivity index (χ4n) is 8.65. The van der Waals surface area contributed by atoms with Crippen LogP contribution in [0.5, 0.6) is 0 Å². The van der Waals surface area contributed by atoms with Gasteiger partial charge in [0.05, 0.1) is 16.8 Å². The Morgan fingerprint density at radius 2 is 0.911 bits per heavy atom. The summed E-state index contributed by atoms with van der Waals surface area (Å²) >= 11 is 0. The molecular weight excluding hydrogens is 687 g/mol. The Morgan fingerprint density at radius 3 is 1.79 bits per heavy atom. The molecule has 12 aromatic rings. The molecule has 9 aromatic carbocycles. The highest BCUT2D eigenvalue weighted by molar-refractivity contribution is 6.16. The number of hydrogen-bond donors (Lipinski definition) is 0. The standard InChI is InChI=1S/C52H31NO3/c1-2-12-34-31-50-43(29-33(34)11-1)40-17-9-16-39(52(40)56-50)37-13-3-6-18-44(37)53(45-19-10-22-49-51(45)41-15-5-8-21-47(41)55-49)36-26-23-32(24-27-36)35-25-28-48-42(30-35)38-14-4-7-20-46(38)54-48/h1-31H. The number of hydrogen-bond acceptors (Lipinski definition) is 4. The van der Waals surface area contributed by atoms with E-state index < -0.39 is 0 Å². The van der Waals surface area contributed by atoms with Crippen molar-refractivity contribution in [1.29, 1.82) is 0 Å². The van der Waals surface area contributed by atoms with E-state index >= 15 is 0 Å². The molecular formula is C52H31NO3. The summed E-state index contributed by atoms with van der Waals surface area (Å²) in [5.41, 5.74) is 12.7. The first-order chi connectivity index (χ1) is 27.7. The molecule has 0 aliphatic carbocycles. The van der Waals surface area contributed by atoms with E-state index in [1.807, 2.05) is 24.3 Å². The third kappa shape index (κ3) is 4.66. The summed E-state index contributed by atoms with van der Waals surface area (Å²) in [7, 11) is 0. The van der Waals surface area contributed by atoms with Crippen LogP contribution in [0.3, 0.4) is 0 Å². The van der Waals surface area contributed by atoms with E-state index in [1.165, 1.54) is 5.39 Å². The lowest BCUT2D eigenvalue weighted by Gasteiger charge is -2.28. The van der Waals surface area contributed by atoms with E-state index in [0.717, 1.165) is 111 Å². The maximum absolute atomic E-state index is 6.78. The summed E-state index contributed by atoms with van der Waals surface area (Å²) in [6.07, 6.45) is 0. The molecule has 0 N–H and O–H groups in total. The van der Waals surface area contributed by atoms with Gasteiger partial charge in [-0.25, -0.2) is 0 Å². The minimum Gasteiger partial charge on any atom is -0.456 e. The zero-order valence-corrected chi connectivity index (χ0v) is 30.1. The first-order valence-electron chi connectivity index (χ1n) is 18.9. The number of rotatable bonds is 5. The molecule has 0 aliphatic heterocycles. The average molecular weight is 718 g/mol. The van der Waals surface area contributed by atoms with Gasteiger partial charge in [-0.05, 0) is 88.6 Å². The van der Waals surface area contributed by atoms with Crippen molar-refractivity contribution >= 4 is 93.7 Å². The van der Waals surface area contributed by atoms with Crippen LogP contribution in [-0.2, 0) is 0 Å². The molecule has 0 saturated carbocycles. The maximum atomic E-state index is 6.78. The maximum Gasteiger partial charge on any atom is 0.143 e. The van der Waals surface area contributed by atoms with Gasteiger partial charge >= 0.3 is 0 Å². The van der Waals surface area contributed by atoms with Gasteiger partial charge < -0.3 is 18.2 Å². The second-order valence-electron chi connectivity index (χ2n) is 14.4. The molecule has 0 saturated heterocycles. The Labute approximate surface area is 321 Å². The van der Waals surface area contributed by atoms with Crippen molar-refractivity contribution in [2.45, 2.75) is 0 Å². The molecule has 3 aromatic heterocycles. The Bertz CT molecular complexity index is 3490. The summed E-state index contributed by atoms with van der Waals surface area (Å²) < 4.78 is 19.4. The predicted octanol–water partition coefficient (Wildman–Crippen LogP) is 15.3. The van der Waals surface area contributed by atoms with Gasteiger partial charge in [0.25, 0.3) is 0 Å². The molecule has 0 fully saturated rings. The van der Waals surface area contributed by atoms with Gasteiger partial charge in [0.2, 0.25) is 0 Å². The van der Waals surface area contributed by atoms with Crippen LogP contribution in [0.15, 0.2) is 201 Å². The summed E-state index contributed by atoms with van der Waals surface area (Å²) in [4.78, 5) is 2.37. The van der Waals surface area contributed by atoms with Gasteiger partial charge in [0.1, 0.15) is 33.5 Å². The van der Waals surface area contributed by atoms with E-state index in [4.69, 9.17) is 13.3 Å². The second kappa shape index (κ2) is 12.0. The fourth-order valence-corrected chi connectivity index (χ4v) is 8.65. The van der Waals surface area contributed by atoms with Crippen LogP contribution >= 0.6 is 0 Å². The Hall–Kier alpha value is -7.56. The first-order valence-corrected chi connectivity index (χ1v) is 18.9. The van der Waals surface area contributed by atoms with Crippen molar-refractivity contribution in [3.05, 3.63) is 188 Å². The molecule has 0 atom stereocenters. The molecule has 0 radical (unpaired) electrons. The van der Waals surface area contributed by atoms with Crippen LogP contribution in [-0.4, -0.2) is 0 Å². The zero-order valence-electron chi connectivity index (χ0n) is 30.1. The Balaban J connectivity index is 1.07. The lowest BCUT2D eigenvalue weighted by atomic mass is 9.98. The number of fused-ring (bicyclic) bond motifs is 10. The molecule has 56 heavy (non-hydrogen) atoms. The summed E-state index contributed by atoms with van der Waals surface area (Å²) in [5.74, 6) is 0. The van der Waals surface area contributed by atoms with Crippen LogP contribution in [0.4, 0.5) is 17.1 Å². The normalized spacial score (nSPS) is 11.9. The zero-order chi connectivity index (χ0) is 36.7. The molecule has 262 valence electrons. The van der Waals surface area contributed by atoms with Crippen molar-refractivity contribution in [3.63, 3.8) is 0 Å². The number of para-hydroxylation sites is 4. The van der Waals surface area contributed by atoms with Gasteiger partial charge in [0.15, 0.2) is 0 Å². The minimum atomic E-state index is 0.842. The molecule has 4 heteroatoms. The molecule has 12 rings (SSSR count). The monoisotopic (exact) mass is 717 g/mol. The van der Waals surface area contributed by atoms with E-state index in [2.05, 4.69) is 169 Å². The smallest absolute Gasteiger partial charge is 0.143 e. The summed E-state index contributed by atoms with van der Waals surface area (Å²) in [5, 5.41) is 8.94. The number of benzene rings is 9. The Morgan fingerprint density at radius 1 is 0.321 bits per heavy atom. The van der Waals surface area contributed by atoms with Gasteiger partial charge in [-0.2, -0.15) is 0 Å². The van der Waals surface area contributed by atoms with Crippen molar-refractivity contribution in [1.82, 2.24) is 0 Å². The molecule has 0 unspecified atom stereocenters. The summed E-state index contributed by atoms with van der Waals surface area (Å²) in [6.45, 7) is 0. The second-order valence-corrected chi connectivity index (χ2v) is 14.4. The molecule has 0 bridgehead atoms. The highest BCUT2D eigenvalue weighted by Gasteiger charge is 2.24. The van der Waals surface area contributed by atoms with E-state index in [-0.39, 0.29) is 0 Å². The molecule has 0 amide bonds. The topological polar surface area (TPSA) is 42.7 Å². The van der Waals surface area contributed by atoms with Crippen molar-refractivity contribution in [2.75, 3.05) is 4.90 Å². The van der Waals surface area contributed by atoms with Gasteiger partial charge in [-0.1, -0.05) is 121 Å². The van der Waals surface area contributed by atoms with E-state index in [0.29, 0.717) is 0 Å². The van der Waals surface area contributed by atoms with Gasteiger partial charge in [-0.3, -0.25) is 0 Å². The average Bonchev–Trinajstić information content (AvgIpc) is 3.94. The quantitative estimate of drug-likeness (QED) is 0.178. The largest absolute Gasteiger partial charge is 0.456 e. The number of anilines is 3. The van der Waals surface area contributed by atoms with Gasteiger partial charge in [-0.15, -0.1) is 0 Å². The van der Waals surface area contributed by atoms with Crippen LogP contribution in [0.1, 0.15) is 0 Å².